The molecule has 0 bridgehead atoms. The normalized spacial score (nSPS) is 9.82. The zero-order valence-electron chi connectivity index (χ0n) is 6.73. The fourth-order valence-corrected chi connectivity index (χ4v) is 1.22. The van der Waals surface area contributed by atoms with Crippen LogP contribution >= 0.6 is 15.9 Å². The lowest BCUT2D eigenvalue weighted by molar-refractivity contribution is 0.407. The summed E-state index contributed by atoms with van der Waals surface area (Å²) in [4.78, 5) is 4.00. The van der Waals surface area contributed by atoms with Gasteiger partial charge in [-0.1, -0.05) is 0 Å². The van der Waals surface area contributed by atoms with Crippen LogP contribution < -0.4 is 4.74 Å². The van der Waals surface area contributed by atoms with E-state index in [0.29, 0.717) is 0 Å². The smallest absolute Gasteiger partial charge is 0.129 e. The maximum absolute atomic E-state index is 5.16. The van der Waals surface area contributed by atoms with Gasteiger partial charge in [-0.25, -0.2) is 4.98 Å². The second kappa shape index (κ2) is 3.22. The van der Waals surface area contributed by atoms with Crippen LogP contribution in [0.4, 0.5) is 0 Å². The first-order chi connectivity index (χ1) is 5.16. The maximum atomic E-state index is 5.16. The van der Waals surface area contributed by atoms with Crippen molar-refractivity contribution in [2.45, 2.75) is 13.8 Å². The Morgan fingerprint density at radius 1 is 1.45 bits per heavy atom. The Bertz CT molecular complexity index is 273. The molecule has 0 saturated heterocycles. The van der Waals surface area contributed by atoms with Crippen molar-refractivity contribution < 1.29 is 4.74 Å². The lowest BCUT2D eigenvalue weighted by atomic mass is 10.2. The van der Waals surface area contributed by atoms with Crippen LogP contribution in [0.1, 0.15) is 11.1 Å². The van der Waals surface area contributed by atoms with E-state index < -0.39 is 0 Å². The molecule has 0 amide bonds. The average Bonchev–Trinajstić information content (AvgIpc) is 1.99. The van der Waals surface area contributed by atoms with E-state index in [0.717, 1.165) is 21.5 Å². The molecule has 1 heterocycles. The SMILES string of the molecule is COc1c(C)[c]nc(Br)c1C. The molecule has 1 aromatic heterocycles. The Hall–Kier alpha value is -0.570. The number of aromatic nitrogens is 1. The first kappa shape index (κ1) is 8.53. The number of ether oxygens (including phenoxy) is 1. The average molecular weight is 215 g/mol. The van der Waals surface area contributed by atoms with Crippen molar-refractivity contribution in [1.29, 1.82) is 0 Å². The van der Waals surface area contributed by atoms with Crippen molar-refractivity contribution >= 4 is 15.9 Å². The zero-order chi connectivity index (χ0) is 8.43. The number of hydrogen-bond donors (Lipinski definition) is 0. The molecule has 2 nitrogen and oxygen atoms in total. The van der Waals surface area contributed by atoms with Crippen molar-refractivity contribution in [1.82, 2.24) is 4.98 Å². The van der Waals surface area contributed by atoms with Gasteiger partial charge in [0.15, 0.2) is 0 Å². The minimum Gasteiger partial charge on any atom is -0.496 e. The van der Waals surface area contributed by atoms with E-state index >= 15 is 0 Å². The molecule has 11 heavy (non-hydrogen) atoms. The second-order valence-corrected chi connectivity index (χ2v) is 3.05. The molecule has 0 aliphatic heterocycles. The molecule has 0 N–H and O–H groups in total. The standard InChI is InChI=1S/C8H9BrNO/c1-5-4-10-8(9)6(2)7(5)11-3/h1-3H3. The van der Waals surface area contributed by atoms with Crippen molar-refractivity contribution in [3.63, 3.8) is 0 Å². The molecule has 0 aliphatic carbocycles. The fourth-order valence-electron chi connectivity index (χ4n) is 0.949. The summed E-state index contributed by atoms with van der Waals surface area (Å²) >= 11 is 3.30. The van der Waals surface area contributed by atoms with Gasteiger partial charge in [-0.15, -0.1) is 0 Å². The summed E-state index contributed by atoms with van der Waals surface area (Å²) in [5, 5.41) is 0. The molecule has 1 aromatic rings. The minimum atomic E-state index is 0.792. The summed E-state index contributed by atoms with van der Waals surface area (Å²) in [5.41, 5.74) is 1.96. The zero-order valence-corrected chi connectivity index (χ0v) is 8.32. The number of halogens is 1. The molecule has 1 radical (unpaired) electrons. The number of hydrogen-bond acceptors (Lipinski definition) is 2. The summed E-state index contributed by atoms with van der Waals surface area (Å²) in [5.74, 6) is 0.854. The number of rotatable bonds is 1. The van der Waals surface area contributed by atoms with Crippen LogP contribution in [0.5, 0.6) is 5.75 Å². The molecule has 0 aliphatic rings. The van der Waals surface area contributed by atoms with Crippen molar-refractivity contribution in [2.24, 2.45) is 0 Å². The first-order valence-corrected chi connectivity index (χ1v) is 4.04. The number of aryl methyl sites for hydroxylation is 1. The van der Waals surface area contributed by atoms with Crippen LogP contribution in [0.2, 0.25) is 0 Å². The Balaban J connectivity index is 3.29. The molecule has 0 unspecified atom stereocenters. The minimum absolute atomic E-state index is 0.792. The first-order valence-electron chi connectivity index (χ1n) is 3.25. The predicted octanol–water partition coefficient (Wildman–Crippen LogP) is 2.27. The molecule has 0 fully saturated rings. The summed E-state index contributed by atoms with van der Waals surface area (Å²) in [6.07, 6.45) is 2.84. The molecule has 0 aromatic carbocycles. The molecule has 1 rings (SSSR count). The Morgan fingerprint density at radius 3 is 2.55 bits per heavy atom. The van der Waals surface area contributed by atoms with E-state index in [1.165, 1.54) is 0 Å². The van der Waals surface area contributed by atoms with Crippen LogP contribution in [0.15, 0.2) is 4.60 Å². The molecular weight excluding hydrogens is 206 g/mol. The van der Waals surface area contributed by atoms with Gasteiger partial charge in [0.05, 0.1) is 13.3 Å². The number of nitrogens with zero attached hydrogens (tertiary/aromatic N) is 1. The highest BCUT2D eigenvalue weighted by atomic mass is 79.9. The number of pyridine rings is 1. The van der Waals surface area contributed by atoms with E-state index in [1.807, 2.05) is 13.8 Å². The van der Waals surface area contributed by atoms with Gasteiger partial charge in [0.2, 0.25) is 0 Å². The van der Waals surface area contributed by atoms with Crippen LogP contribution in [0.25, 0.3) is 0 Å². The van der Waals surface area contributed by atoms with E-state index in [-0.39, 0.29) is 0 Å². The van der Waals surface area contributed by atoms with E-state index in [1.54, 1.807) is 7.11 Å². The van der Waals surface area contributed by atoms with Gasteiger partial charge >= 0.3 is 0 Å². The molecule has 0 spiro atoms. The topological polar surface area (TPSA) is 22.1 Å². The Morgan fingerprint density at radius 2 is 2.09 bits per heavy atom. The lowest BCUT2D eigenvalue weighted by Gasteiger charge is -2.07. The summed E-state index contributed by atoms with van der Waals surface area (Å²) in [6, 6.07) is 0. The summed E-state index contributed by atoms with van der Waals surface area (Å²) in [7, 11) is 1.65. The van der Waals surface area contributed by atoms with Crippen molar-refractivity contribution in [3.8, 4) is 5.75 Å². The quantitative estimate of drug-likeness (QED) is 0.670. The van der Waals surface area contributed by atoms with Crippen LogP contribution in [0.3, 0.4) is 0 Å². The van der Waals surface area contributed by atoms with Gasteiger partial charge in [0.25, 0.3) is 0 Å². The highest BCUT2D eigenvalue weighted by Gasteiger charge is 2.06. The van der Waals surface area contributed by atoms with Crippen molar-refractivity contribution in [2.75, 3.05) is 7.11 Å². The maximum Gasteiger partial charge on any atom is 0.129 e. The van der Waals surface area contributed by atoms with Crippen LogP contribution in [-0.4, -0.2) is 12.1 Å². The predicted molar refractivity (Wildman–Crippen MR) is 46.8 cm³/mol. The highest BCUT2D eigenvalue weighted by Crippen LogP contribution is 2.26. The van der Waals surface area contributed by atoms with Crippen LogP contribution in [0, 0.1) is 20.0 Å². The monoisotopic (exact) mass is 214 g/mol. The van der Waals surface area contributed by atoms with E-state index in [9.17, 15) is 0 Å². The lowest BCUT2D eigenvalue weighted by Crippen LogP contribution is -1.93. The van der Waals surface area contributed by atoms with Gasteiger partial charge in [0, 0.05) is 11.1 Å². The molecule has 0 saturated carbocycles. The third-order valence-corrected chi connectivity index (χ3v) is 2.29. The van der Waals surface area contributed by atoms with E-state index in [4.69, 9.17) is 4.74 Å². The largest absolute Gasteiger partial charge is 0.496 e. The second-order valence-electron chi connectivity index (χ2n) is 2.30. The van der Waals surface area contributed by atoms with Crippen LogP contribution in [-0.2, 0) is 0 Å². The van der Waals surface area contributed by atoms with Crippen molar-refractivity contribution in [3.05, 3.63) is 21.9 Å². The van der Waals surface area contributed by atoms with Gasteiger partial charge in [-0.3, -0.25) is 0 Å². The molecule has 0 atom stereocenters. The molecule has 59 valence electrons. The Kier molecular flexibility index (Phi) is 2.49. The van der Waals surface area contributed by atoms with Gasteiger partial charge < -0.3 is 4.74 Å². The van der Waals surface area contributed by atoms with E-state index in [2.05, 4.69) is 27.1 Å². The summed E-state index contributed by atoms with van der Waals surface area (Å²) < 4.78 is 5.95. The van der Waals surface area contributed by atoms with Gasteiger partial charge in [-0.05, 0) is 29.8 Å². The molecular formula is C8H9BrNO. The third kappa shape index (κ3) is 1.53. The molecule has 3 heteroatoms. The highest BCUT2D eigenvalue weighted by molar-refractivity contribution is 9.10. The number of methoxy groups -OCH3 is 1. The fraction of sp³-hybridized carbons (Fsp3) is 0.375. The summed E-state index contributed by atoms with van der Waals surface area (Å²) in [6.45, 7) is 3.88. The Labute approximate surface area is 74.7 Å². The van der Waals surface area contributed by atoms with Gasteiger partial charge in [-0.2, -0.15) is 0 Å². The third-order valence-electron chi connectivity index (χ3n) is 1.52. The van der Waals surface area contributed by atoms with Gasteiger partial charge in [0.1, 0.15) is 10.4 Å².